The first-order chi connectivity index (χ1) is 9.92. The summed E-state index contributed by atoms with van der Waals surface area (Å²) in [6, 6.07) is 4.31. The lowest BCUT2D eigenvalue weighted by atomic mass is 10.1. The first-order valence-electron chi connectivity index (χ1n) is 6.83. The Bertz CT molecular complexity index is 642. The highest BCUT2D eigenvalue weighted by Gasteiger charge is 2.18. The normalized spacial score (nSPS) is 12.5. The van der Waals surface area contributed by atoms with Crippen molar-refractivity contribution in [2.45, 2.75) is 32.7 Å². The summed E-state index contributed by atoms with van der Waals surface area (Å²) in [7, 11) is 1.80. The van der Waals surface area contributed by atoms with Gasteiger partial charge < -0.3 is 10.5 Å². The summed E-state index contributed by atoms with van der Waals surface area (Å²) in [5.41, 5.74) is 7.87. The number of rotatable bonds is 5. The summed E-state index contributed by atoms with van der Waals surface area (Å²) in [5, 5.41) is 4.39. The molecule has 114 valence electrons. The smallest absolute Gasteiger partial charge is 0.221 e. The van der Waals surface area contributed by atoms with Crippen molar-refractivity contribution in [3.8, 4) is 11.6 Å². The van der Waals surface area contributed by atoms with Crippen molar-refractivity contribution in [2.75, 3.05) is 0 Å². The first-order valence-corrected chi connectivity index (χ1v) is 7.21. The third-order valence-corrected chi connectivity index (χ3v) is 3.67. The van der Waals surface area contributed by atoms with Crippen LogP contribution in [0.15, 0.2) is 18.2 Å². The Morgan fingerprint density at radius 2 is 2.19 bits per heavy atom. The van der Waals surface area contributed by atoms with E-state index in [1.54, 1.807) is 11.7 Å². The van der Waals surface area contributed by atoms with Crippen LogP contribution in [0.5, 0.6) is 11.6 Å². The summed E-state index contributed by atoms with van der Waals surface area (Å²) in [4.78, 5) is 0. The number of nitrogens with zero attached hydrogens (tertiary/aromatic N) is 2. The lowest BCUT2D eigenvalue weighted by molar-refractivity contribution is 0.422. The summed E-state index contributed by atoms with van der Waals surface area (Å²) in [5.74, 6) is 0.605. The molecule has 2 rings (SSSR count). The second-order valence-corrected chi connectivity index (χ2v) is 5.45. The molecule has 21 heavy (non-hydrogen) atoms. The molecule has 1 heterocycles. The van der Waals surface area contributed by atoms with Crippen molar-refractivity contribution < 1.29 is 9.13 Å². The van der Waals surface area contributed by atoms with Crippen LogP contribution in [-0.4, -0.2) is 15.8 Å². The van der Waals surface area contributed by atoms with Crippen molar-refractivity contribution >= 4 is 11.6 Å². The minimum atomic E-state index is -0.474. The van der Waals surface area contributed by atoms with E-state index in [4.69, 9.17) is 22.1 Å². The molecule has 0 aliphatic heterocycles. The molecule has 0 radical (unpaired) electrons. The number of nitrogens with two attached hydrogens (primary N) is 1. The van der Waals surface area contributed by atoms with E-state index in [9.17, 15) is 4.39 Å². The van der Waals surface area contributed by atoms with Crippen molar-refractivity contribution in [1.29, 1.82) is 0 Å². The number of hydrogen-bond donors (Lipinski definition) is 1. The number of aromatic nitrogens is 2. The zero-order valence-corrected chi connectivity index (χ0v) is 13.1. The van der Waals surface area contributed by atoms with Gasteiger partial charge in [-0.25, -0.2) is 9.07 Å². The van der Waals surface area contributed by atoms with Gasteiger partial charge in [-0.2, -0.15) is 5.10 Å². The molecule has 0 saturated carbocycles. The molecule has 0 amide bonds. The zero-order valence-electron chi connectivity index (χ0n) is 12.4. The molecule has 0 fully saturated rings. The second-order valence-electron chi connectivity index (χ2n) is 5.04. The van der Waals surface area contributed by atoms with Crippen LogP contribution in [0.2, 0.25) is 5.02 Å². The third-order valence-electron chi connectivity index (χ3n) is 3.39. The Kier molecular flexibility index (Phi) is 4.85. The number of ether oxygens (including phenoxy) is 1. The molecule has 1 aromatic carbocycles. The first kappa shape index (κ1) is 15.8. The van der Waals surface area contributed by atoms with Crippen LogP contribution in [0.25, 0.3) is 0 Å². The SMILES string of the molecule is CCC(N)Cc1c(C)nn(C)c1Oc1ccc(F)c(Cl)c1. The van der Waals surface area contributed by atoms with E-state index in [1.807, 2.05) is 13.8 Å². The van der Waals surface area contributed by atoms with Crippen molar-refractivity contribution in [3.63, 3.8) is 0 Å². The summed E-state index contributed by atoms with van der Waals surface area (Å²) in [6.07, 6.45) is 1.55. The molecule has 1 atom stereocenters. The van der Waals surface area contributed by atoms with Crippen LogP contribution in [0.4, 0.5) is 4.39 Å². The lowest BCUT2D eigenvalue weighted by Gasteiger charge is -2.12. The van der Waals surface area contributed by atoms with E-state index in [1.165, 1.54) is 18.2 Å². The monoisotopic (exact) mass is 311 g/mol. The number of hydrogen-bond acceptors (Lipinski definition) is 3. The summed E-state index contributed by atoms with van der Waals surface area (Å²) in [6.45, 7) is 3.96. The predicted octanol–water partition coefficient (Wildman–Crippen LogP) is 3.59. The van der Waals surface area contributed by atoms with Crippen molar-refractivity contribution in [2.24, 2.45) is 12.8 Å². The van der Waals surface area contributed by atoms with Gasteiger partial charge in [0.05, 0.1) is 10.7 Å². The molecule has 0 aliphatic rings. The average Bonchev–Trinajstić information content (AvgIpc) is 2.69. The highest BCUT2D eigenvalue weighted by atomic mass is 35.5. The molecule has 2 N–H and O–H groups in total. The Balaban J connectivity index is 2.32. The van der Waals surface area contributed by atoms with E-state index in [0.717, 1.165) is 17.7 Å². The highest BCUT2D eigenvalue weighted by molar-refractivity contribution is 6.30. The molecule has 0 spiro atoms. The Morgan fingerprint density at radius 1 is 1.48 bits per heavy atom. The predicted molar refractivity (Wildman–Crippen MR) is 81.4 cm³/mol. The maximum atomic E-state index is 13.2. The van der Waals surface area contributed by atoms with Gasteiger partial charge in [0.2, 0.25) is 5.88 Å². The lowest BCUT2D eigenvalue weighted by Crippen LogP contribution is -2.21. The number of aryl methyl sites for hydroxylation is 2. The largest absolute Gasteiger partial charge is 0.439 e. The fourth-order valence-corrected chi connectivity index (χ4v) is 2.27. The highest BCUT2D eigenvalue weighted by Crippen LogP contribution is 2.30. The zero-order chi connectivity index (χ0) is 15.6. The van der Waals surface area contributed by atoms with Crippen LogP contribution in [0.1, 0.15) is 24.6 Å². The molecule has 0 saturated heterocycles. The molecule has 0 aliphatic carbocycles. The molecule has 4 nitrogen and oxygen atoms in total. The molecule has 2 aromatic rings. The number of benzene rings is 1. The molecule has 1 aromatic heterocycles. The molecule has 1 unspecified atom stereocenters. The number of halogens is 2. The average molecular weight is 312 g/mol. The van der Waals surface area contributed by atoms with Gasteiger partial charge in [-0.1, -0.05) is 18.5 Å². The van der Waals surface area contributed by atoms with Crippen molar-refractivity contribution in [3.05, 3.63) is 40.3 Å². The van der Waals surface area contributed by atoms with Gasteiger partial charge in [-0.3, -0.25) is 0 Å². The molecule has 6 heteroatoms. The van der Waals surface area contributed by atoms with E-state index >= 15 is 0 Å². The quantitative estimate of drug-likeness (QED) is 0.918. The topological polar surface area (TPSA) is 53.1 Å². The fourth-order valence-electron chi connectivity index (χ4n) is 2.10. The van der Waals surface area contributed by atoms with E-state index in [-0.39, 0.29) is 11.1 Å². The van der Waals surface area contributed by atoms with Gasteiger partial charge in [-0.05, 0) is 31.9 Å². The van der Waals surface area contributed by atoms with Crippen LogP contribution in [-0.2, 0) is 13.5 Å². The maximum absolute atomic E-state index is 13.2. The molecular formula is C15H19ClFN3O. The summed E-state index contributed by atoms with van der Waals surface area (Å²) >= 11 is 5.77. The van der Waals surface area contributed by atoms with Crippen molar-refractivity contribution in [1.82, 2.24) is 9.78 Å². The van der Waals surface area contributed by atoms with Gasteiger partial charge >= 0.3 is 0 Å². The van der Waals surface area contributed by atoms with E-state index in [0.29, 0.717) is 18.1 Å². The van der Waals surface area contributed by atoms with Crippen LogP contribution in [0, 0.1) is 12.7 Å². The Morgan fingerprint density at radius 3 is 2.81 bits per heavy atom. The fraction of sp³-hybridized carbons (Fsp3) is 0.400. The maximum Gasteiger partial charge on any atom is 0.221 e. The standard InChI is InChI=1S/C15H19ClFN3O/c1-4-10(18)7-12-9(2)19-20(3)15(12)21-11-5-6-14(17)13(16)8-11/h5-6,8,10H,4,7,18H2,1-3H3. The molecular weight excluding hydrogens is 293 g/mol. The van der Waals surface area contributed by atoms with Crippen LogP contribution < -0.4 is 10.5 Å². The van der Waals surface area contributed by atoms with Gasteiger partial charge in [0.25, 0.3) is 0 Å². The second kappa shape index (κ2) is 6.45. The Labute approximate surface area is 128 Å². The minimum Gasteiger partial charge on any atom is -0.439 e. The van der Waals surface area contributed by atoms with Gasteiger partial charge in [0.1, 0.15) is 11.6 Å². The van der Waals surface area contributed by atoms with Gasteiger partial charge in [-0.15, -0.1) is 0 Å². The van der Waals surface area contributed by atoms with Crippen LogP contribution >= 0.6 is 11.6 Å². The Hall–Kier alpha value is -1.59. The summed E-state index contributed by atoms with van der Waals surface area (Å²) < 4.78 is 20.7. The van der Waals surface area contributed by atoms with Crippen LogP contribution in [0.3, 0.4) is 0 Å². The van der Waals surface area contributed by atoms with E-state index < -0.39 is 5.82 Å². The molecule has 0 bridgehead atoms. The van der Waals surface area contributed by atoms with Gasteiger partial charge in [0.15, 0.2) is 0 Å². The van der Waals surface area contributed by atoms with Gasteiger partial charge in [0, 0.05) is 24.7 Å². The van der Waals surface area contributed by atoms with E-state index in [2.05, 4.69) is 5.10 Å². The third kappa shape index (κ3) is 3.54. The minimum absolute atomic E-state index is 0.0261.